The summed E-state index contributed by atoms with van der Waals surface area (Å²) in [5.74, 6) is 0.767. The molecule has 1 saturated heterocycles. The summed E-state index contributed by atoms with van der Waals surface area (Å²) < 4.78 is 5.33. The van der Waals surface area contributed by atoms with Crippen LogP contribution in [0, 0.1) is 11.3 Å². The number of hydrogen-bond donors (Lipinski definition) is 1. The van der Waals surface area contributed by atoms with Crippen LogP contribution in [0.5, 0.6) is 0 Å². The second kappa shape index (κ2) is 7.21. The second-order valence-electron chi connectivity index (χ2n) is 6.54. The van der Waals surface area contributed by atoms with E-state index in [-0.39, 0.29) is 17.9 Å². The first-order chi connectivity index (χ1) is 13.2. The average molecular weight is 365 g/mol. The Hall–Kier alpha value is -3.18. The monoisotopic (exact) mass is 365 g/mol. The highest BCUT2D eigenvalue weighted by Crippen LogP contribution is 2.30. The van der Waals surface area contributed by atoms with Gasteiger partial charge in [-0.1, -0.05) is 6.07 Å². The van der Waals surface area contributed by atoms with Crippen LogP contribution in [0.4, 0.5) is 11.5 Å². The summed E-state index contributed by atoms with van der Waals surface area (Å²) >= 11 is 0. The second-order valence-corrected chi connectivity index (χ2v) is 6.54. The predicted molar refractivity (Wildman–Crippen MR) is 98.8 cm³/mol. The average Bonchev–Trinajstić information content (AvgIpc) is 3.12. The van der Waals surface area contributed by atoms with Crippen molar-refractivity contribution >= 4 is 17.4 Å². The molecule has 1 N–H and O–H groups in total. The molecule has 27 heavy (non-hydrogen) atoms. The highest BCUT2D eigenvalue weighted by Gasteiger charge is 2.27. The van der Waals surface area contributed by atoms with Gasteiger partial charge in [0.05, 0.1) is 31.3 Å². The van der Waals surface area contributed by atoms with Crippen LogP contribution < -0.4 is 15.4 Å². The van der Waals surface area contributed by atoms with Crippen LogP contribution in [-0.4, -0.2) is 48.7 Å². The number of benzene rings is 1. The maximum Gasteiger partial charge on any atom is 0.252 e. The topological polar surface area (TPSA) is 102 Å². The van der Waals surface area contributed by atoms with Crippen molar-refractivity contribution in [1.82, 2.24) is 9.97 Å². The van der Waals surface area contributed by atoms with Gasteiger partial charge in [0.15, 0.2) is 0 Å². The van der Waals surface area contributed by atoms with Crippen LogP contribution >= 0.6 is 0 Å². The predicted octanol–water partition coefficient (Wildman–Crippen LogP) is 0.610. The molecule has 2 aliphatic rings. The van der Waals surface area contributed by atoms with Crippen LogP contribution in [-0.2, 0) is 22.4 Å². The Morgan fingerprint density at radius 1 is 1.30 bits per heavy atom. The first-order valence-electron chi connectivity index (χ1n) is 8.91. The summed E-state index contributed by atoms with van der Waals surface area (Å²) in [4.78, 5) is 35.6. The molecule has 1 amide bonds. The van der Waals surface area contributed by atoms with Gasteiger partial charge in [-0.3, -0.25) is 9.59 Å². The molecule has 3 heterocycles. The van der Waals surface area contributed by atoms with Crippen LogP contribution in [0.25, 0.3) is 0 Å². The number of ether oxygens (including phenoxy) is 1. The van der Waals surface area contributed by atoms with Gasteiger partial charge in [-0.25, -0.2) is 4.98 Å². The van der Waals surface area contributed by atoms with Crippen molar-refractivity contribution in [3.8, 4) is 6.07 Å². The Bertz CT molecular complexity index is 972. The normalized spacial score (nSPS) is 16.1. The van der Waals surface area contributed by atoms with E-state index in [1.165, 1.54) is 6.07 Å². The number of aromatic nitrogens is 2. The number of morpholine rings is 1. The summed E-state index contributed by atoms with van der Waals surface area (Å²) in [6.45, 7) is 3.05. The third-order valence-corrected chi connectivity index (χ3v) is 4.88. The highest BCUT2D eigenvalue weighted by molar-refractivity contribution is 5.96. The molecule has 0 aliphatic carbocycles. The Labute approximate surface area is 156 Å². The lowest BCUT2D eigenvalue weighted by Crippen LogP contribution is -2.38. The minimum absolute atomic E-state index is 0.00361. The fourth-order valence-electron chi connectivity index (χ4n) is 3.57. The fraction of sp³-hybridized carbons (Fsp3) is 0.368. The van der Waals surface area contributed by atoms with Gasteiger partial charge in [0.1, 0.15) is 11.6 Å². The molecule has 2 aliphatic heterocycles. The highest BCUT2D eigenvalue weighted by atomic mass is 16.5. The maximum atomic E-state index is 12.8. The smallest absolute Gasteiger partial charge is 0.252 e. The van der Waals surface area contributed by atoms with E-state index in [0.29, 0.717) is 56.5 Å². The van der Waals surface area contributed by atoms with E-state index in [4.69, 9.17) is 4.74 Å². The molecule has 1 aromatic carbocycles. The molecule has 0 saturated carbocycles. The summed E-state index contributed by atoms with van der Waals surface area (Å²) in [6.07, 6.45) is 0.659. The molecule has 8 heteroatoms. The SMILES string of the molecule is N#Cc1cccc2c1CCN2C(=O)Cc1nc(N2CCOCC2)cc(=O)[nH]1. The van der Waals surface area contributed by atoms with Crippen molar-refractivity contribution in [2.75, 3.05) is 42.6 Å². The molecule has 4 rings (SSSR count). The van der Waals surface area contributed by atoms with E-state index in [2.05, 4.69) is 16.0 Å². The van der Waals surface area contributed by atoms with Crippen LogP contribution in [0.1, 0.15) is 17.0 Å². The molecule has 0 bridgehead atoms. The van der Waals surface area contributed by atoms with Crippen molar-refractivity contribution in [3.63, 3.8) is 0 Å². The number of rotatable bonds is 3. The summed E-state index contributed by atoms with van der Waals surface area (Å²) in [5, 5.41) is 9.23. The molecular weight excluding hydrogens is 346 g/mol. The summed E-state index contributed by atoms with van der Waals surface area (Å²) in [5.41, 5.74) is 1.99. The number of anilines is 2. The number of fused-ring (bicyclic) bond motifs is 1. The largest absolute Gasteiger partial charge is 0.378 e. The van der Waals surface area contributed by atoms with Gasteiger partial charge < -0.3 is 19.5 Å². The van der Waals surface area contributed by atoms with Crippen molar-refractivity contribution in [3.05, 3.63) is 51.6 Å². The molecule has 0 radical (unpaired) electrons. The quantitative estimate of drug-likeness (QED) is 0.855. The lowest BCUT2D eigenvalue weighted by atomic mass is 10.1. The lowest BCUT2D eigenvalue weighted by Gasteiger charge is -2.27. The minimum atomic E-state index is -0.275. The Morgan fingerprint density at radius 3 is 2.89 bits per heavy atom. The standard InChI is InChI=1S/C19H19N5O3/c20-12-13-2-1-3-15-14(13)4-5-24(15)19(26)10-16-21-17(11-18(25)22-16)23-6-8-27-9-7-23/h1-3,11H,4-10H2,(H,21,22,25). The molecule has 0 unspecified atom stereocenters. The van der Waals surface area contributed by atoms with Crippen molar-refractivity contribution in [2.45, 2.75) is 12.8 Å². The van der Waals surface area contributed by atoms with Gasteiger partial charge in [0, 0.05) is 31.4 Å². The third kappa shape index (κ3) is 3.41. The van der Waals surface area contributed by atoms with Gasteiger partial charge >= 0.3 is 0 Å². The van der Waals surface area contributed by atoms with Gasteiger partial charge in [0.25, 0.3) is 5.56 Å². The number of nitrogens with zero attached hydrogens (tertiary/aromatic N) is 4. The number of hydrogen-bond acceptors (Lipinski definition) is 6. The summed E-state index contributed by atoms with van der Waals surface area (Å²) in [6, 6.07) is 9.01. The Kier molecular flexibility index (Phi) is 4.60. The molecule has 138 valence electrons. The molecule has 1 fully saturated rings. The van der Waals surface area contributed by atoms with Crippen molar-refractivity contribution in [2.24, 2.45) is 0 Å². The Morgan fingerprint density at radius 2 is 2.11 bits per heavy atom. The van der Waals surface area contributed by atoms with Crippen molar-refractivity contribution in [1.29, 1.82) is 5.26 Å². The maximum absolute atomic E-state index is 12.8. The molecule has 2 aromatic rings. The summed E-state index contributed by atoms with van der Waals surface area (Å²) in [7, 11) is 0. The Balaban J connectivity index is 1.55. The minimum Gasteiger partial charge on any atom is -0.378 e. The van der Waals surface area contributed by atoms with Crippen LogP contribution in [0.3, 0.4) is 0 Å². The fourth-order valence-corrected chi connectivity index (χ4v) is 3.57. The number of carbonyl (C=O) groups excluding carboxylic acids is 1. The zero-order valence-corrected chi connectivity index (χ0v) is 14.8. The number of carbonyl (C=O) groups is 1. The third-order valence-electron chi connectivity index (χ3n) is 4.88. The van der Waals surface area contributed by atoms with Crippen molar-refractivity contribution < 1.29 is 9.53 Å². The lowest BCUT2D eigenvalue weighted by molar-refractivity contribution is -0.118. The molecule has 0 spiro atoms. The molecule has 8 nitrogen and oxygen atoms in total. The zero-order valence-electron chi connectivity index (χ0n) is 14.8. The van der Waals surface area contributed by atoms with E-state index in [1.807, 2.05) is 11.0 Å². The number of aromatic amines is 1. The number of nitriles is 1. The van der Waals surface area contributed by atoms with E-state index >= 15 is 0 Å². The molecule has 1 aromatic heterocycles. The molecule has 0 atom stereocenters. The van der Waals surface area contributed by atoms with Crippen LogP contribution in [0.2, 0.25) is 0 Å². The number of H-pyrrole nitrogens is 1. The molecular formula is C19H19N5O3. The van der Waals surface area contributed by atoms with E-state index < -0.39 is 0 Å². The zero-order chi connectivity index (χ0) is 18.8. The van der Waals surface area contributed by atoms with Gasteiger partial charge in [-0.05, 0) is 24.1 Å². The van der Waals surface area contributed by atoms with Gasteiger partial charge in [-0.15, -0.1) is 0 Å². The first kappa shape index (κ1) is 17.2. The first-order valence-corrected chi connectivity index (χ1v) is 8.91. The van der Waals surface area contributed by atoms with E-state index in [1.54, 1.807) is 17.0 Å². The number of nitrogens with one attached hydrogen (secondary N) is 1. The van der Waals surface area contributed by atoms with E-state index in [9.17, 15) is 14.9 Å². The van der Waals surface area contributed by atoms with Gasteiger partial charge in [0.2, 0.25) is 5.91 Å². The van der Waals surface area contributed by atoms with Gasteiger partial charge in [-0.2, -0.15) is 5.26 Å². The number of amides is 1. The van der Waals surface area contributed by atoms with E-state index in [0.717, 1.165) is 11.3 Å². The van der Waals surface area contributed by atoms with Crippen LogP contribution in [0.15, 0.2) is 29.1 Å².